The third-order valence-corrected chi connectivity index (χ3v) is 5.01. The van der Waals surface area contributed by atoms with Crippen molar-refractivity contribution in [2.45, 2.75) is 38.2 Å². The van der Waals surface area contributed by atoms with Crippen LogP contribution < -0.4 is 14.2 Å². The van der Waals surface area contributed by atoms with E-state index in [1.54, 1.807) is 7.11 Å². The molecular formula is C20H26N2O8. The van der Waals surface area contributed by atoms with Crippen LogP contribution in [0.1, 0.15) is 31.2 Å². The smallest absolute Gasteiger partial charge is 0.414 e. The molecule has 2 N–H and O–H groups in total. The van der Waals surface area contributed by atoms with E-state index in [4.69, 9.17) is 38.9 Å². The van der Waals surface area contributed by atoms with E-state index in [0.29, 0.717) is 11.5 Å². The van der Waals surface area contributed by atoms with Gasteiger partial charge in [-0.3, -0.25) is 4.90 Å². The summed E-state index contributed by atoms with van der Waals surface area (Å²) in [6.07, 6.45) is 5.74. The van der Waals surface area contributed by atoms with Gasteiger partial charge in [0.1, 0.15) is 6.10 Å². The molecule has 1 aromatic rings. The highest BCUT2D eigenvalue weighted by Gasteiger charge is 2.26. The largest absolute Gasteiger partial charge is 0.493 e. The quantitative estimate of drug-likeness (QED) is 0.682. The zero-order valence-electron chi connectivity index (χ0n) is 16.8. The summed E-state index contributed by atoms with van der Waals surface area (Å²) >= 11 is 0. The SMILES string of the molecule is COc1cc(CC2CC(CN3CCCCC3)=NO2)cc2c1OCO2.O=C(O)C(=O)O. The van der Waals surface area contributed by atoms with Crippen LogP contribution in [0.15, 0.2) is 17.3 Å². The molecule has 0 amide bonds. The highest BCUT2D eigenvalue weighted by molar-refractivity contribution is 6.27. The van der Waals surface area contributed by atoms with Crippen LogP contribution in [0.25, 0.3) is 0 Å². The molecule has 3 aliphatic rings. The second-order valence-corrected chi connectivity index (χ2v) is 7.27. The first-order chi connectivity index (χ1) is 14.5. The lowest BCUT2D eigenvalue weighted by atomic mass is 10.0. The van der Waals surface area contributed by atoms with Crippen molar-refractivity contribution in [2.24, 2.45) is 5.16 Å². The van der Waals surface area contributed by atoms with Crippen molar-refractivity contribution < 1.29 is 38.9 Å². The van der Waals surface area contributed by atoms with Crippen molar-refractivity contribution in [1.29, 1.82) is 0 Å². The third-order valence-electron chi connectivity index (χ3n) is 5.01. The molecule has 3 aliphatic heterocycles. The fraction of sp³-hybridized carbons (Fsp3) is 0.550. The van der Waals surface area contributed by atoms with Gasteiger partial charge in [-0.1, -0.05) is 11.6 Å². The molecule has 1 saturated heterocycles. The number of aliphatic carboxylic acids is 2. The maximum atomic E-state index is 9.10. The molecule has 0 radical (unpaired) electrons. The van der Waals surface area contributed by atoms with Crippen molar-refractivity contribution in [3.05, 3.63) is 17.7 Å². The normalized spacial score (nSPS) is 19.9. The maximum Gasteiger partial charge on any atom is 0.414 e. The van der Waals surface area contributed by atoms with Crippen LogP contribution in [-0.4, -0.2) is 72.4 Å². The third kappa shape index (κ3) is 5.76. The number of piperidine rings is 1. The van der Waals surface area contributed by atoms with Gasteiger partial charge in [-0.05, 0) is 43.6 Å². The number of carboxylic acid groups (broad SMARTS) is 2. The molecule has 1 atom stereocenters. The van der Waals surface area contributed by atoms with E-state index in [2.05, 4.69) is 10.1 Å². The van der Waals surface area contributed by atoms with Gasteiger partial charge in [-0.2, -0.15) is 0 Å². The van der Waals surface area contributed by atoms with Crippen LogP contribution in [0.2, 0.25) is 0 Å². The minimum Gasteiger partial charge on any atom is -0.493 e. The number of fused-ring (bicyclic) bond motifs is 1. The first-order valence-corrected chi connectivity index (χ1v) is 9.83. The van der Waals surface area contributed by atoms with E-state index in [-0.39, 0.29) is 12.9 Å². The number of hydrogen-bond acceptors (Lipinski definition) is 8. The molecule has 164 valence electrons. The second kappa shape index (κ2) is 10.1. The number of methoxy groups -OCH3 is 1. The standard InChI is InChI=1S/C18H24N2O4.C2H2O4/c1-21-16-8-13(9-17-18(16)23-12-22-17)7-15-10-14(19-24-15)11-20-5-3-2-4-6-20;3-1(4)2(5)6/h8-9,15H,2-7,10-12H2,1H3;(H,3,4)(H,5,6). The number of carbonyl (C=O) groups is 2. The van der Waals surface area contributed by atoms with Crippen molar-refractivity contribution in [3.63, 3.8) is 0 Å². The molecule has 0 bridgehead atoms. The van der Waals surface area contributed by atoms with Crippen LogP contribution in [0.4, 0.5) is 0 Å². The molecule has 10 heteroatoms. The Kier molecular flexibility index (Phi) is 7.34. The predicted octanol–water partition coefficient (Wildman–Crippen LogP) is 1.75. The topological polar surface area (TPSA) is 127 Å². The summed E-state index contributed by atoms with van der Waals surface area (Å²) in [6, 6.07) is 4.01. The number of oxime groups is 1. The number of hydrogen-bond donors (Lipinski definition) is 2. The van der Waals surface area contributed by atoms with E-state index in [9.17, 15) is 0 Å². The summed E-state index contributed by atoms with van der Waals surface area (Å²) < 4.78 is 16.3. The number of ether oxygens (including phenoxy) is 3. The summed E-state index contributed by atoms with van der Waals surface area (Å²) in [5.41, 5.74) is 2.28. The highest BCUT2D eigenvalue weighted by atomic mass is 16.7. The van der Waals surface area contributed by atoms with Crippen molar-refractivity contribution in [3.8, 4) is 17.2 Å². The number of rotatable bonds is 5. The predicted molar refractivity (Wildman–Crippen MR) is 105 cm³/mol. The Morgan fingerprint density at radius 1 is 1.17 bits per heavy atom. The van der Waals surface area contributed by atoms with Gasteiger partial charge < -0.3 is 29.3 Å². The average Bonchev–Trinajstić information content (AvgIpc) is 3.38. The van der Waals surface area contributed by atoms with Crippen LogP contribution >= 0.6 is 0 Å². The molecule has 30 heavy (non-hydrogen) atoms. The number of nitrogens with zero attached hydrogens (tertiary/aromatic N) is 2. The summed E-state index contributed by atoms with van der Waals surface area (Å²) in [6.45, 7) is 3.56. The lowest BCUT2D eigenvalue weighted by Crippen LogP contribution is -2.34. The Morgan fingerprint density at radius 2 is 1.90 bits per heavy atom. The lowest BCUT2D eigenvalue weighted by molar-refractivity contribution is -0.159. The number of carboxylic acids is 2. The molecule has 10 nitrogen and oxygen atoms in total. The summed E-state index contributed by atoms with van der Waals surface area (Å²) in [4.78, 5) is 26.3. The van der Waals surface area contributed by atoms with Crippen LogP contribution in [0.3, 0.4) is 0 Å². The molecule has 0 spiro atoms. The molecule has 1 fully saturated rings. The molecule has 4 rings (SSSR count). The molecule has 3 heterocycles. The Balaban J connectivity index is 0.000000377. The monoisotopic (exact) mass is 422 g/mol. The second-order valence-electron chi connectivity index (χ2n) is 7.27. The average molecular weight is 422 g/mol. The van der Waals surface area contributed by atoms with Gasteiger partial charge in [0.05, 0.1) is 12.8 Å². The molecule has 1 aromatic carbocycles. The zero-order chi connectivity index (χ0) is 21.5. The fourth-order valence-electron chi connectivity index (χ4n) is 3.63. The fourth-order valence-corrected chi connectivity index (χ4v) is 3.63. The molecule has 0 saturated carbocycles. The van der Waals surface area contributed by atoms with E-state index >= 15 is 0 Å². The lowest BCUT2D eigenvalue weighted by Gasteiger charge is -2.25. The first-order valence-electron chi connectivity index (χ1n) is 9.83. The van der Waals surface area contributed by atoms with Crippen LogP contribution in [0.5, 0.6) is 17.2 Å². The number of likely N-dealkylation sites (tertiary alicyclic amines) is 1. The Hall–Kier alpha value is -3.01. The van der Waals surface area contributed by atoms with E-state index in [1.165, 1.54) is 32.4 Å². The van der Waals surface area contributed by atoms with Crippen LogP contribution in [0, 0.1) is 0 Å². The van der Waals surface area contributed by atoms with Gasteiger partial charge in [-0.15, -0.1) is 0 Å². The van der Waals surface area contributed by atoms with E-state index in [1.807, 2.05) is 12.1 Å². The Labute approximate surface area is 174 Å². The highest BCUT2D eigenvalue weighted by Crippen LogP contribution is 2.42. The van der Waals surface area contributed by atoms with Gasteiger partial charge in [0.25, 0.3) is 0 Å². The van der Waals surface area contributed by atoms with E-state index < -0.39 is 11.9 Å². The van der Waals surface area contributed by atoms with E-state index in [0.717, 1.165) is 36.4 Å². The summed E-state index contributed by atoms with van der Waals surface area (Å²) in [5, 5.41) is 19.1. The number of benzene rings is 1. The van der Waals surface area contributed by atoms with Crippen LogP contribution in [-0.2, 0) is 20.8 Å². The summed E-state index contributed by atoms with van der Waals surface area (Å²) in [5.74, 6) is -1.50. The van der Waals surface area contributed by atoms with Gasteiger partial charge in [0.2, 0.25) is 12.5 Å². The zero-order valence-corrected chi connectivity index (χ0v) is 16.8. The molecular weight excluding hydrogens is 396 g/mol. The maximum absolute atomic E-state index is 9.10. The molecule has 0 aromatic heterocycles. The molecule has 0 aliphatic carbocycles. The van der Waals surface area contributed by atoms with Gasteiger partial charge in [-0.25, -0.2) is 9.59 Å². The summed E-state index contributed by atoms with van der Waals surface area (Å²) in [7, 11) is 1.65. The van der Waals surface area contributed by atoms with Gasteiger partial charge in [0, 0.05) is 19.4 Å². The first kappa shape index (κ1) is 21.7. The van der Waals surface area contributed by atoms with Gasteiger partial charge in [0.15, 0.2) is 11.5 Å². The van der Waals surface area contributed by atoms with Crippen molar-refractivity contribution in [2.75, 3.05) is 33.5 Å². The molecule has 1 unspecified atom stereocenters. The Bertz CT molecular complexity index is 792. The van der Waals surface area contributed by atoms with Crippen molar-refractivity contribution in [1.82, 2.24) is 4.90 Å². The van der Waals surface area contributed by atoms with Gasteiger partial charge >= 0.3 is 11.9 Å². The minimum absolute atomic E-state index is 0.0925. The minimum atomic E-state index is -1.82. The van der Waals surface area contributed by atoms with Crippen molar-refractivity contribution >= 4 is 17.7 Å². The Morgan fingerprint density at radius 3 is 2.57 bits per heavy atom.